The first-order chi connectivity index (χ1) is 9.82. The summed E-state index contributed by atoms with van der Waals surface area (Å²) in [7, 11) is -2.46. The molecule has 0 heterocycles. The number of ether oxygens (including phenoxy) is 1. The number of phenols is 2. The maximum absolute atomic E-state index is 9.37. The van der Waals surface area contributed by atoms with Gasteiger partial charge in [0.2, 0.25) is 0 Å². The Balaban J connectivity index is 2.11. The second-order valence-corrected chi connectivity index (χ2v) is 3.79. The average molecular weight is 245 g/mol. The van der Waals surface area contributed by atoms with E-state index in [1.165, 1.54) is 18.2 Å². The average Bonchev–Trinajstić information content (AvgIpc) is 2.35. The van der Waals surface area contributed by atoms with Gasteiger partial charge in [0.1, 0.15) is 17.2 Å². The van der Waals surface area contributed by atoms with Gasteiger partial charge in [0.05, 0.1) is 11.2 Å². The summed E-state index contributed by atoms with van der Waals surface area (Å²) in [5, 5.41) is 18.7. The van der Waals surface area contributed by atoms with Crippen LogP contribution in [0.25, 0.3) is 12.2 Å². The lowest BCUT2D eigenvalue weighted by Gasteiger charge is -2.00. The van der Waals surface area contributed by atoms with Crippen molar-refractivity contribution in [2.75, 3.05) is 7.04 Å². The van der Waals surface area contributed by atoms with Gasteiger partial charge in [-0.05, 0) is 35.4 Å². The van der Waals surface area contributed by atoms with Crippen LogP contribution in [-0.2, 0) is 0 Å². The van der Waals surface area contributed by atoms with E-state index in [1.807, 2.05) is 0 Å². The molecule has 0 aromatic heterocycles. The SMILES string of the molecule is [2H]C([2H])([2H])Oc1ccc(/C=C/c2cc(O)cc(O)c2)cc1. The molecular weight excluding hydrogens is 228 g/mol. The van der Waals surface area contributed by atoms with Gasteiger partial charge in [-0.15, -0.1) is 0 Å². The Labute approximate surface area is 110 Å². The van der Waals surface area contributed by atoms with Crippen molar-refractivity contribution in [1.82, 2.24) is 0 Å². The highest BCUT2D eigenvalue weighted by molar-refractivity contribution is 5.71. The number of hydrogen-bond donors (Lipinski definition) is 2. The van der Waals surface area contributed by atoms with E-state index >= 15 is 0 Å². The summed E-state index contributed by atoms with van der Waals surface area (Å²) in [6.07, 6.45) is 3.49. The molecule has 18 heavy (non-hydrogen) atoms. The fourth-order valence-electron chi connectivity index (χ4n) is 1.55. The number of rotatable bonds is 3. The Morgan fingerprint density at radius 3 is 2.17 bits per heavy atom. The highest BCUT2D eigenvalue weighted by Gasteiger charge is 1.96. The molecule has 2 N–H and O–H groups in total. The van der Waals surface area contributed by atoms with Crippen LogP contribution < -0.4 is 4.74 Å². The number of methoxy groups -OCH3 is 1. The Bertz CT molecular complexity index is 626. The van der Waals surface area contributed by atoms with Crippen LogP contribution in [0.4, 0.5) is 0 Å². The van der Waals surface area contributed by atoms with Crippen molar-refractivity contribution in [1.29, 1.82) is 0 Å². The molecule has 92 valence electrons. The molecule has 0 saturated carbocycles. The molecule has 0 radical (unpaired) electrons. The van der Waals surface area contributed by atoms with Crippen LogP contribution in [0, 0.1) is 0 Å². The van der Waals surface area contributed by atoms with Gasteiger partial charge >= 0.3 is 0 Å². The maximum Gasteiger partial charge on any atom is 0.119 e. The van der Waals surface area contributed by atoms with Crippen LogP contribution in [0.5, 0.6) is 17.2 Å². The zero-order chi connectivity index (χ0) is 15.5. The molecule has 0 saturated heterocycles. The van der Waals surface area contributed by atoms with E-state index in [0.29, 0.717) is 5.56 Å². The molecule has 0 aliphatic rings. The molecule has 0 aliphatic carbocycles. The number of hydrogen-bond acceptors (Lipinski definition) is 3. The van der Waals surface area contributed by atoms with Crippen molar-refractivity contribution in [2.24, 2.45) is 0 Å². The highest BCUT2D eigenvalue weighted by atomic mass is 16.5. The van der Waals surface area contributed by atoms with Gasteiger partial charge in [-0.3, -0.25) is 0 Å². The van der Waals surface area contributed by atoms with E-state index in [9.17, 15) is 10.2 Å². The van der Waals surface area contributed by atoms with Gasteiger partial charge in [0, 0.05) is 6.07 Å². The predicted molar refractivity (Wildman–Crippen MR) is 71.7 cm³/mol. The molecule has 3 heteroatoms. The largest absolute Gasteiger partial charge is 0.508 e. The van der Waals surface area contributed by atoms with E-state index in [0.717, 1.165) is 5.56 Å². The lowest BCUT2D eigenvalue weighted by molar-refractivity contribution is 0.415. The van der Waals surface area contributed by atoms with E-state index < -0.39 is 7.04 Å². The van der Waals surface area contributed by atoms with Crippen LogP contribution in [0.2, 0.25) is 0 Å². The van der Waals surface area contributed by atoms with Gasteiger partial charge in [-0.1, -0.05) is 24.3 Å². The van der Waals surface area contributed by atoms with Gasteiger partial charge in [-0.2, -0.15) is 0 Å². The Kier molecular flexibility index (Phi) is 2.53. The summed E-state index contributed by atoms with van der Waals surface area (Å²) in [6.45, 7) is 0. The number of benzene rings is 2. The minimum absolute atomic E-state index is 0.0175. The molecule has 0 amide bonds. The van der Waals surface area contributed by atoms with Crippen LogP contribution in [0.3, 0.4) is 0 Å². The third kappa shape index (κ3) is 3.04. The lowest BCUT2D eigenvalue weighted by Crippen LogP contribution is -1.81. The van der Waals surface area contributed by atoms with Crippen molar-refractivity contribution in [2.45, 2.75) is 0 Å². The lowest BCUT2D eigenvalue weighted by atomic mass is 10.1. The molecule has 2 rings (SSSR count). The first kappa shape index (κ1) is 8.64. The monoisotopic (exact) mass is 245 g/mol. The minimum atomic E-state index is -2.46. The minimum Gasteiger partial charge on any atom is -0.508 e. The quantitative estimate of drug-likeness (QED) is 0.816. The third-order valence-electron chi connectivity index (χ3n) is 2.39. The predicted octanol–water partition coefficient (Wildman–Crippen LogP) is 3.28. The molecule has 2 aromatic carbocycles. The van der Waals surface area contributed by atoms with Gasteiger partial charge in [-0.25, -0.2) is 0 Å². The smallest absolute Gasteiger partial charge is 0.119 e. The zero-order valence-corrected chi connectivity index (χ0v) is 9.50. The second kappa shape index (κ2) is 5.27. The summed E-state index contributed by atoms with van der Waals surface area (Å²) in [5.41, 5.74) is 1.48. The van der Waals surface area contributed by atoms with Crippen molar-refractivity contribution in [3.05, 3.63) is 53.6 Å². The summed E-state index contributed by atoms with van der Waals surface area (Å²) < 4.78 is 25.8. The first-order valence-corrected chi connectivity index (χ1v) is 5.32. The molecule has 0 fully saturated rings. The summed E-state index contributed by atoms with van der Waals surface area (Å²) in [4.78, 5) is 0. The fraction of sp³-hybridized carbons (Fsp3) is 0.0667. The molecule has 2 aromatic rings. The molecule has 0 aliphatic heterocycles. The summed E-state index contributed by atoms with van der Waals surface area (Å²) >= 11 is 0. The van der Waals surface area contributed by atoms with Crippen LogP contribution in [0.1, 0.15) is 15.2 Å². The van der Waals surface area contributed by atoms with Crippen molar-refractivity contribution < 1.29 is 19.1 Å². The summed E-state index contributed by atoms with van der Waals surface area (Å²) in [6, 6.07) is 10.8. The molecule has 0 spiro atoms. The van der Waals surface area contributed by atoms with Crippen LogP contribution in [-0.4, -0.2) is 17.3 Å². The number of aromatic hydroxyl groups is 2. The van der Waals surface area contributed by atoms with E-state index in [4.69, 9.17) is 8.85 Å². The normalized spacial score (nSPS) is 13.9. The van der Waals surface area contributed by atoms with E-state index in [2.05, 4.69) is 0 Å². The molecule has 0 unspecified atom stereocenters. The molecular formula is C15H14O3. The highest BCUT2D eigenvalue weighted by Crippen LogP contribution is 2.22. The van der Waals surface area contributed by atoms with E-state index in [-0.39, 0.29) is 17.2 Å². The van der Waals surface area contributed by atoms with Crippen molar-refractivity contribution in [3.63, 3.8) is 0 Å². The first-order valence-electron chi connectivity index (χ1n) is 6.82. The zero-order valence-electron chi connectivity index (χ0n) is 12.5. The van der Waals surface area contributed by atoms with Crippen molar-refractivity contribution in [3.8, 4) is 17.2 Å². The third-order valence-corrected chi connectivity index (χ3v) is 2.39. The summed E-state index contributed by atoms with van der Waals surface area (Å²) in [5.74, 6) is 0.231. The Hall–Kier alpha value is -2.42. The molecule has 0 bridgehead atoms. The Morgan fingerprint density at radius 1 is 0.944 bits per heavy atom. The topological polar surface area (TPSA) is 49.7 Å². The molecule has 0 atom stereocenters. The van der Waals surface area contributed by atoms with Gasteiger partial charge in [0.25, 0.3) is 0 Å². The van der Waals surface area contributed by atoms with Gasteiger partial charge in [0.15, 0.2) is 0 Å². The standard InChI is InChI=1S/C15H14O3/c1-18-15-6-4-11(5-7-15)2-3-12-8-13(16)10-14(17)9-12/h2-10,16-17H,1H3/b3-2+/i1D3. The van der Waals surface area contributed by atoms with Gasteiger partial charge < -0.3 is 14.9 Å². The maximum atomic E-state index is 9.37. The number of phenolic OH excluding ortho intramolecular Hbond substituents is 2. The van der Waals surface area contributed by atoms with Crippen molar-refractivity contribution >= 4 is 12.2 Å². The molecule has 3 nitrogen and oxygen atoms in total. The fourth-order valence-corrected chi connectivity index (χ4v) is 1.55. The Morgan fingerprint density at radius 2 is 1.56 bits per heavy atom. The van der Waals surface area contributed by atoms with Crippen LogP contribution in [0.15, 0.2) is 42.5 Å². The van der Waals surface area contributed by atoms with Crippen LogP contribution >= 0.6 is 0 Å². The van der Waals surface area contributed by atoms with E-state index in [1.54, 1.807) is 36.4 Å². The second-order valence-electron chi connectivity index (χ2n) is 3.79.